The van der Waals surface area contributed by atoms with Gasteiger partial charge in [-0.25, -0.2) is 9.37 Å². The van der Waals surface area contributed by atoms with Crippen LogP contribution in [-0.4, -0.2) is 41.9 Å². The van der Waals surface area contributed by atoms with Gasteiger partial charge in [0.05, 0.1) is 0 Å². The smallest absolute Gasteiger partial charge is 0.224 e. The largest absolute Gasteiger partial charge is 0.466 e. The Kier molecular flexibility index (Phi) is 2.69. The first-order valence-electron chi connectivity index (χ1n) is 5.61. The summed E-state index contributed by atoms with van der Waals surface area (Å²) in [5, 5.41) is 19.5. The molecule has 1 saturated heterocycles. The molecule has 20 heavy (non-hydrogen) atoms. The van der Waals surface area contributed by atoms with Crippen LogP contribution in [0, 0.1) is 0 Å². The van der Waals surface area contributed by atoms with E-state index < -0.39 is 18.4 Å². The van der Waals surface area contributed by atoms with Crippen LogP contribution in [0.1, 0.15) is 6.23 Å². The van der Waals surface area contributed by atoms with Gasteiger partial charge in [0, 0.05) is 0 Å². The Morgan fingerprint density at radius 2 is 2.10 bits per heavy atom. The van der Waals surface area contributed by atoms with E-state index in [0.29, 0.717) is 0 Å². The molecular weight excluding hydrogens is 271 g/mol. The van der Waals surface area contributed by atoms with Gasteiger partial charge in [0.25, 0.3) is 0 Å². The first-order valence-corrected chi connectivity index (χ1v) is 5.61. The van der Waals surface area contributed by atoms with E-state index in [1.54, 1.807) is 0 Å². The van der Waals surface area contributed by atoms with Crippen LogP contribution in [0.2, 0.25) is 0 Å². The summed E-state index contributed by atoms with van der Waals surface area (Å²) >= 11 is 0. The van der Waals surface area contributed by atoms with Crippen molar-refractivity contribution < 1.29 is 19.3 Å². The number of aliphatic hydroxyl groups excluding tert-OH is 2. The first-order chi connectivity index (χ1) is 9.52. The third kappa shape index (κ3) is 1.66. The molecule has 0 saturated carbocycles. The molecule has 6 N–H and O–H groups in total. The summed E-state index contributed by atoms with van der Waals surface area (Å²) in [5.74, 6) is -0.383. The fraction of sp³-hybridized carbons (Fsp3) is 0.300. The van der Waals surface area contributed by atoms with Crippen molar-refractivity contribution >= 4 is 22.9 Å². The molecule has 106 valence electrons. The summed E-state index contributed by atoms with van der Waals surface area (Å²) in [7, 11) is 0. The molecule has 9 nitrogen and oxygen atoms in total. The van der Waals surface area contributed by atoms with Crippen LogP contribution in [0.25, 0.3) is 11.2 Å². The molecule has 1 fully saturated rings. The number of hydrogen-bond donors (Lipinski definition) is 4. The standard InChI is InChI=1S/C10H11FN6O3/c11-1-3-5(18)6(19)9(20-3)17-2-14-4-7(12)15-10(13)16-8(4)17/h1-2,5-6,9,18-19H,(H4,12,13,15,16)/b3-1+/t5-,6-,9-/m1/s1. The predicted molar refractivity (Wildman–Crippen MR) is 65.5 cm³/mol. The van der Waals surface area contributed by atoms with Gasteiger partial charge < -0.3 is 26.4 Å². The number of nitrogens with zero attached hydrogens (tertiary/aromatic N) is 4. The number of halogens is 1. The zero-order chi connectivity index (χ0) is 14.4. The molecule has 3 heterocycles. The fourth-order valence-corrected chi connectivity index (χ4v) is 2.06. The lowest BCUT2D eigenvalue weighted by molar-refractivity contribution is -0.0120. The van der Waals surface area contributed by atoms with Crippen LogP contribution in [-0.2, 0) is 4.74 Å². The fourth-order valence-electron chi connectivity index (χ4n) is 2.06. The summed E-state index contributed by atoms with van der Waals surface area (Å²) in [6.07, 6.45) is -2.57. The van der Waals surface area contributed by atoms with Crippen LogP contribution in [0.15, 0.2) is 18.4 Å². The number of nitrogen functional groups attached to an aromatic ring is 2. The summed E-state index contributed by atoms with van der Waals surface area (Å²) < 4.78 is 19.0. The van der Waals surface area contributed by atoms with Crippen molar-refractivity contribution in [2.45, 2.75) is 18.4 Å². The summed E-state index contributed by atoms with van der Waals surface area (Å²) in [4.78, 5) is 11.7. The van der Waals surface area contributed by atoms with Gasteiger partial charge >= 0.3 is 0 Å². The number of ether oxygens (including phenoxy) is 1. The van der Waals surface area contributed by atoms with Gasteiger partial charge in [-0.2, -0.15) is 9.97 Å². The Bertz CT molecular complexity index is 702. The highest BCUT2D eigenvalue weighted by Crippen LogP contribution is 2.34. The van der Waals surface area contributed by atoms with E-state index in [1.807, 2.05) is 0 Å². The highest BCUT2D eigenvalue weighted by molar-refractivity contribution is 5.82. The molecule has 0 unspecified atom stereocenters. The third-order valence-corrected chi connectivity index (χ3v) is 3.01. The number of aromatic nitrogens is 4. The average Bonchev–Trinajstić information content (AvgIpc) is 2.93. The van der Waals surface area contributed by atoms with Crippen molar-refractivity contribution in [3.63, 3.8) is 0 Å². The van der Waals surface area contributed by atoms with Gasteiger partial charge in [0.1, 0.15) is 30.4 Å². The van der Waals surface area contributed by atoms with Crippen molar-refractivity contribution in [1.82, 2.24) is 19.5 Å². The van der Waals surface area contributed by atoms with Crippen molar-refractivity contribution in [3.05, 3.63) is 18.4 Å². The Labute approximate surface area is 111 Å². The molecule has 0 amide bonds. The second kappa shape index (κ2) is 4.28. The van der Waals surface area contributed by atoms with Gasteiger partial charge in [0.2, 0.25) is 12.2 Å². The normalized spacial score (nSPS) is 28.1. The number of hydrogen-bond acceptors (Lipinski definition) is 8. The number of fused-ring (bicyclic) bond motifs is 1. The van der Waals surface area contributed by atoms with E-state index in [-0.39, 0.29) is 35.0 Å². The van der Waals surface area contributed by atoms with Crippen LogP contribution in [0.4, 0.5) is 16.2 Å². The molecule has 0 aromatic carbocycles. The molecule has 1 aliphatic heterocycles. The lowest BCUT2D eigenvalue weighted by Gasteiger charge is -2.15. The second-order valence-corrected chi connectivity index (χ2v) is 4.25. The van der Waals surface area contributed by atoms with E-state index in [4.69, 9.17) is 16.2 Å². The minimum Gasteiger partial charge on any atom is -0.466 e. The Morgan fingerprint density at radius 3 is 2.75 bits per heavy atom. The Balaban J connectivity index is 2.12. The summed E-state index contributed by atoms with van der Waals surface area (Å²) in [6.45, 7) is 0. The zero-order valence-electron chi connectivity index (χ0n) is 10.0. The Hall–Kier alpha value is -2.46. The molecule has 2 aromatic rings. The lowest BCUT2D eigenvalue weighted by Crippen LogP contribution is -2.27. The number of anilines is 2. The molecule has 0 spiro atoms. The van der Waals surface area contributed by atoms with Crippen LogP contribution in [0.5, 0.6) is 0 Å². The quantitative estimate of drug-likeness (QED) is 0.524. The van der Waals surface area contributed by atoms with Crippen LogP contribution in [0.3, 0.4) is 0 Å². The van der Waals surface area contributed by atoms with Crippen LogP contribution >= 0.6 is 0 Å². The number of nitrogens with two attached hydrogens (primary N) is 2. The summed E-state index contributed by atoms with van der Waals surface area (Å²) in [6, 6.07) is 0. The van der Waals surface area contributed by atoms with Crippen molar-refractivity contribution in [3.8, 4) is 0 Å². The zero-order valence-corrected chi connectivity index (χ0v) is 10.0. The number of aliphatic hydroxyl groups is 2. The second-order valence-electron chi connectivity index (χ2n) is 4.25. The molecule has 3 rings (SSSR count). The highest BCUT2D eigenvalue weighted by atomic mass is 19.1. The van der Waals surface area contributed by atoms with E-state index in [2.05, 4.69) is 15.0 Å². The molecule has 1 aliphatic rings. The van der Waals surface area contributed by atoms with E-state index >= 15 is 0 Å². The third-order valence-electron chi connectivity index (χ3n) is 3.01. The number of rotatable bonds is 1. The minimum atomic E-state index is -1.47. The maximum atomic E-state index is 12.5. The monoisotopic (exact) mass is 282 g/mol. The van der Waals surface area contributed by atoms with Crippen molar-refractivity contribution in [2.24, 2.45) is 0 Å². The Morgan fingerprint density at radius 1 is 1.35 bits per heavy atom. The van der Waals surface area contributed by atoms with Gasteiger partial charge in [0.15, 0.2) is 17.2 Å². The maximum absolute atomic E-state index is 12.5. The molecule has 0 radical (unpaired) electrons. The predicted octanol–water partition coefficient (Wildman–Crippen LogP) is -0.948. The minimum absolute atomic E-state index is 0.0699. The number of imidazole rings is 1. The van der Waals surface area contributed by atoms with Gasteiger partial charge in [-0.15, -0.1) is 0 Å². The van der Waals surface area contributed by atoms with E-state index in [0.717, 1.165) is 0 Å². The summed E-state index contributed by atoms with van der Waals surface area (Å²) in [5.41, 5.74) is 11.6. The maximum Gasteiger partial charge on any atom is 0.224 e. The average molecular weight is 282 g/mol. The lowest BCUT2D eigenvalue weighted by atomic mass is 10.2. The molecule has 2 aromatic heterocycles. The van der Waals surface area contributed by atoms with E-state index in [1.165, 1.54) is 10.9 Å². The first kappa shape index (κ1) is 12.6. The van der Waals surface area contributed by atoms with Crippen LogP contribution < -0.4 is 11.5 Å². The van der Waals surface area contributed by atoms with Gasteiger partial charge in [-0.05, 0) is 0 Å². The highest BCUT2D eigenvalue weighted by Gasteiger charge is 2.42. The molecule has 0 bridgehead atoms. The topological polar surface area (TPSA) is 145 Å². The molecule has 10 heteroatoms. The van der Waals surface area contributed by atoms with Gasteiger partial charge in [-0.3, -0.25) is 4.57 Å². The molecule has 0 aliphatic carbocycles. The van der Waals surface area contributed by atoms with Crippen molar-refractivity contribution in [1.29, 1.82) is 0 Å². The molecule has 3 atom stereocenters. The molecular formula is C10H11FN6O3. The van der Waals surface area contributed by atoms with E-state index in [9.17, 15) is 14.6 Å². The van der Waals surface area contributed by atoms with Crippen molar-refractivity contribution in [2.75, 3.05) is 11.5 Å². The van der Waals surface area contributed by atoms with Gasteiger partial charge in [-0.1, -0.05) is 0 Å². The SMILES string of the molecule is Nc1nc(N)c2ncn([C@@H]3O/C(=C/F)[C@@H](O)[C@H]3O)c2n1.